The van der Waals surface area contributed by atoms with Crippen molar-refractivity contribution in [3.8, 4) is 0 Å². The summed E-state index contributed by atoms with van der Waals surface area (Å²) in [6.07, 6.45) is 1.94. The van der Waals surface area contributed by atoms with Gasteiger partial charge >= 0.3 is 0 Å². The Balaban J connectivity index is 2.11. The number of hydrogen-bond donors (Lipinski definition) is 2. The van der Waals surface area contributed by atoms with Crippen molar-refractivity contribution in [3.05, 3.63) is 30.1 Å². The van der Waals surface area contributed by atoms with Crippen molar-refractivity contribution in [1.29, 1.82) is 0 Å². The standard InChI is InChI=1S/C12H17FN2O2S/c1-12(7-4-8-14-12)9-15-18(16,17)11-6-3-2-5-10(11)13/h2-3,5-6,14-15H,4,7-9H2,1H3. The van der Waals surface area contributed by atoms with Gasteiger partial charge in [-0.25, -0.2) is 17.5 Å². The fraction of sp³-hybridized carbons (Fsp3) is 0.500. The zero-order valence-corrected chi connectivity index (χ0v) is 11.1. The van der Waals surface area contributed by atoms with Gasteiger partial charge in [0.05, 0.1) is 0 Å². The van der Waals surface area contributed by atoms with E-state index in [4.69, 9.17) is 0 Å². The zero-order chi connectivity index (χ0) is 13.2. The largest absolute Gasteiger partial charge is 0.310 e. The molecule has 1 aromatic rings. The van der Waals surface area contributed by atoms with E-state index in [1.807, 2.05) is 6.92 Å². The van der Waals surface area contributed by atoms with Gasteiger partial charge in [-0.1, -0.05) is 12.1 Å². The molecule has 0 spiro atoms. The van der Waals surface area contributed by atoms with Crippen LogP contribution in [-0.4, -0.2) is 27.0 Å². The second-order valence-corrected chi connectivity index (χ2v) is 6.58. The maximum Gasteiger partial charge on any atom is 0.243 e. The number of nitrogens with one attached hydrogen (secondary N) is 2. The van der Waals surface area contributed by atoms with Crippen LogP contribution in [0.3, 0.4) is 0 Å². The lowest BCUT2D eigenvalue weighted by Crippen LogP contribution is -2.47. The smallest absolute Gasteiger partial charge is 0.243 e. The van der Waals surface area contributed by atoms with Crippen LogP contribution in [0.25, 0.3) is 0 Å². The maximum absolute atomic E-state index is 13.4. The Hall–Kier alpha value is -0.980. The van der Waals surface area contributed by atoms with E-state index in [0.29, 0.717) is 0 Å². The highest BCUT2D eigenvalue weighted by Gasteiger charge is 2.30. The third kappa shape index (κ3) is 2.88. The van der Waals surface area contributed by atoms with Gasteiger partial charge in [-0.3, -0.25) is 0 Å². The van der Waals surface area contributed by atoms with Crippen molar-refractivity contribution >= 4 is 10.0 Å². The summed E-state index contributed by atoms with van der Waals surface area (Å²) in [6.45, 7) is 3.12. The summed E-state index contributed by atoms with van der Waals surface area (Å²) in [5.41, 5.74) is -0.238. The molecule has 0 radical (unpaired) electrons. The molecule has 4 nitrogen and oxygen atoms in total. The fourth-order valence-electron chi connectivity index (χ4n) is 2.10. The molecular formula is C12H17FN2O2S. The van der Waals surface area contributed by atoms with Crippen LogP contribution in [0.1, 0.15) is 19.8 Å². The predicted molar refractivity (Wildman–Crippen MR) is 67.2 cm³/mol. The first kappa shape index (κ1) is 13.5. The van der Waals surface area contributed by atoms with E-state index >= 15 is 0 Å². The minimum absolute atomic E-state index is 0.238. The average molecular weight is 272 g/mol. The molecule has 1 saturated heterocycles. The molecule has 100 valence electrons. The van der Waals surface area contributed by atoms with Crippen LogP contribution in [0.15, 0.2) is 29.2 Å². The van der Waals surface area contributed by atoms with Gasteiger partial charge in [-0.2, -0.15) is 0 Å². The van der Waals surface area contributed by atoms with E-state index in [-0.39, 0.29) is 17.0 Å². The Morgan fingerprint density at radius 2 is 2.17 bits per heavy atom. The molecule has 2 N–H and O–H groups in total. The third-order valence-electron chi connectivity index (χ3n) is 3.24. The number of hydrogen-bond acceptors (Lipinski definition) is 3. The number of halogens is 1. The lowest BCUT2D eigenvalue weighted by molar-refractivity contribution is 0.409. The molecule has 2 rings (SSSR count). The van der Waals surface area contributed by atoms with Crippen molar-refractivity contribution in [3.63, 3.8) is 0 Å². The highest BCUT2D eigenvalue weighted by atomic mass is 32.2. The number of sulfonamides is 1. The molecule has 1 heterocycles. The number of benzene rings is 1. The first-order valence-corrected chi connectivity index (χ1v) is 7.41. The molecule has 1 atom stereocenters. The van der Waals surface area contributed by atoms with Crippen molar-refractivity contribution in [2.24, 2.45) is 0 Å². The van der Waals surface area contributed by atoms with E-state index in [1.165, 1.54) is 18.2 Å². The maximum atomic E-state index is 13.4. The topological polar surface area (TPSA) is 58.2 Å². The quantitative estimate of drug-likeness (QED) is 0.867. The summed E-state index contributed by atoms with van der Waals surface area (Å²) in [6, 6.07) is 5.38. The Morgan fingerprint density at radius 1 is 1.44 bits per heavy atom. The highest BCUT2D eigenvalue weighted by molar-refractivity contribution is 7.89. The highest BCUT2D eigenvalue weighted by Crippen LogP contribution is 2.19. The van der Waals surface area contributed by atoms with Crippen LogP contribution >= 0.6 is 0 Å². The Labute approximate surface area is 107 Å². The molecule has 1 aliphatic rings. The molecule has 0 aromatic heterocycles. The molecule has 0 bridgehead atoms. The van der Waals surface area contributed by atoms with Gasteiger partial charge in [0.15, 0.2) is 0 Å². The van der Waals surface area contributed by atoms with Gasteiger partial charge < -0.3 is 5.32 Å². The van der Waals surface area contributed by atoms with Gasteiger partial charge in [0.2, 0.25) is 10.0 Å². The summed E-state index contributed by atoms with van der Waals surface area (Å²) in [7, 11) is -3.78. The van der Waals surface area contributed by atoms with E-state index in [9.17, 15) is 12.8 Å². The van der Waals surface area contributed by atoms with Crippen LogP contribution in [0, 0.1) is 5.82 Å². The second kappa shape index (κ2) is 4.95. The molecule has 0 amide bonds. The Morgan fingerprint density at radius 3 is 2.78 bits per heavy atom. The van der Waals surface area contributed by atoms with Crippen molar-refractivity contribution in [1.82, 2.24) is 10.0 Å². The summed E-state index contributed by atoms with van der Waals surface area (Å²) in [4.78, 5) is -0.299. The third-order valence-corrected chi connectivity index (χ3v) is 4.67. The van der Waals surface area contributed by atoms with E-state index in [1.54, 1.807) is 0 Å². The molecule has 1 aromatic carbocycles. The normalized spacial score (nSPS) is 24.3. The van der Waals surface area contributed by atoms with Gasteiger partial charge in [-0.15, -0.1) is 0 Å². The predicted octanol–water partition coefficient (Wildman–Crippen LogP) is 1.25. The molecule has 0 aliphatic carbocycles. The van der Waals surface area contributed by atoms with Gasteiger partial charge in [-0.05, 0) is 38.4 Å². The van der Waals surface area contributed by atoms with Crippen molar-refractivity contribution in [2.45, 2.75) is 30.2 Å². The fourth-order valence-corrected chi connectivity index (χ4v) is 3.35. The van der Waals surface area contributed by atoms with Gasteiger partial charge in [0, 0.05) is 12.1 Å². The molecule has 18 heavy (non-hydrogen) atoms. The van der Waals surface area contributed by atoms with Gasteiger partial charge in [0.1, 0.15) is 10.7 Å². The summed E-state index contributed by atoms with van der Waals surface area (Å²) < 4.78 is 39.9. The van der Waals surface area contributed by atoms with E-state index < -0.39 is 15.8 Å². The minimum atomic E-state index is -3.78. The Kier molecular flexibility index (Phi) is 3.70. The summed E-state index contributed by atoms with van der Waals surface area (Å²) in [5, 5.41) is 3.25. The first-order chi connectivity index (χ1) is 8.43. The Bertz CT molecular complexity index is 525. The minimum Gasteiger partial charge on any atom is -0.310 e. The van der Waals surface area contributed by atoms with Gasteiger partial charge in [0.25, 0.3) is 0 Å². The zero-order valence-electron chi connectivity index (χ0n) is 10.2. The lowest BCUT2D eigenvalue weighted by Gasteiger charge is -2.24. The van der Waals surface area contributed by atoms with Crippen LogP contribution in [0.4, 0.5) is 4.39 Å². The molecule has 1 unspecified atom stereocenters. The monoisotopic (exact) mass is 272 g/mol. The van der Waals surface area contributed by atoms with Crippen molar-refractivity contribution < 1.29 is 12.8 Å². The van der Waals surface area contributed by atoms with Crippen molar-refractivity contribution in [2.75, 3.05) is 13.1 Å². The van der Waals surface area contributed by atoms with E-state index in [2.05, 4.69) is 10.0 Å². The van der Waals surface area contributed by atoms with E-state index in [0.717, 1.165) is 25.5 Å². The van der Waals surface area contributed by atoms with Crippen LogP contribution in [0.2, 0.25) is 0 Å². The summed E-state index contributed by atoms with van der Waals surface area (Å²) >= 11 is 0. The molecular weight excluding hydrogens is 255 g/mol. The SMILES string of the molecule is CC1(CNS(=O)(=O)c2ccccc2F)CCCN1. The molecule has 1 aliphatic heterocycles. The molecule has 6 heteroatoms. The van der Waals surface area contributed by atoms with Crippen LogP contribution < -0.4 is 10.0 Å². The van der Waals surface area contributed by atoms with Crippen LogP contribution in [-0.2, 0) is 10.0 Å². The number of rotatable bonds is 4. The molecule has 0 saturated carbocycles. The first-order valence-electron chi connectivity index (χ1n) is 5.92. The lowest BCUT2D eigenvalue weighted by atomic mass is 10.0. The second-order valence-electron chi connectivity index (χ2n) is 4.85. The average Bonchev–Trinajstić information content (AvgIpc) is 2.75. The summed E-state index contributed by atoms with van der Waals surface area (Å²) in [5.74, 6) is -0.727. The molecule has 1 fully saturated rings. The van der Waals surface area contributed by atoms with Crippen LogP contribution in [0.5, 0.6) is 0 Å².